The van der Waals surface area contributed by atoms with Gasteiger partial charge in [-0.05, 0) is 12.8 Å². The van der Waals surface area contributed by atoms with E-state index in [2.05, 4.69) is 10.6 Å². The van der Waals surface area contributed by atoms with Crippen molar-refractivity contribution in [2.24, 2.45) is 5.92 Å². The zero-order valence-electron chi connectivity index (χ0n) is 9.16. The molecule has 2 amide bonds. The van der Waals surface area contributed by atoms with Gasteiger partial charge < -0.3 is 15.7 Å². The van der Waals surface area contributed by atoms with Crippen molar-refractivity contribution in [2.45, 2.75) is 32.2 Å². The van der Waals surface area contributed by atoms with Gasteiger partial charge in [0.1, 0.15) is 6.04 Å². The van der Waals surface area contributed by atoms with E-state index in [1.807, 2.05) is 0 Å². The summed E-state index contributed by atoms with van der Waals surface area (Å²) in [5.74, 6) is -1.69. The smallest absolute Gasteiger partial charge is 0.306 e. The van der Waals surface area contributed by atoms with Crippen LogP contribution in [-0.4, -0.2) is 35.5 Å². The van der Waals surface area contributed by atoms with Gasteiger partial charge in [0.15, 0.2) is 0 Å². The molecular weight excluding hydrogens is 212 g/mol. The number of carbonyl (C=O) groups is 3. The van der Waals surface area contributed by atoms with Gasteiger partial charge >= 0.3 is 5.97 Å². The summed E-state index contributed by atoms with van der Waals surface area (Å²) in [6, 6.07) is -0.451. The third-order valence-electron chi connectivity index (χ3n) is 2.61. The molecule has 0 radical (unpaired) electrons. The van der Waals surface area contributed by atoms with Crippen LogP contribution in [0.25, 0.3) is 0 Å². The highest BCUT2D eigenvalue weighted by Crippen LogP contribution is 2.06. The minimum absolute atomic E-state index is 0.112. The Morgan fingerprint density at radius 2 is 2.31 bits per heavy atom. The molecule has 0 aromatic heterocycles. The van der Waals surface area contributed by atoms with Crippen molar-refractivity contribution in [1.29, 1.82) is 0 Å². The SMILES string of the molecule is CC(CCNC(=O)C1CCC(=O)N1)C(=O)O. The molecule has 1 fully saturated rings. The second kappa shape index (κ2) is 5.48. The van der Waals surface area contributed by atoms with Crippen molar-refractivity contribution in [3.63, 3.8) is 0 Å². The normalized spacial score (nSPS) is 21.3. The lowest BCUT2D eigenvalue weighted by Crippen LogP contribution is -2.42. The molecule has 2 unspecified atom stereocenters. The van der Waals surface area contributed by atoms with E-state index in [9.17, 15) is 14.4 Å². The molecule has 3 N–H and O–H groups in total. The molecule has 0 bridgehead atoms. The molecular formula is C10H16N2O4. The molecule has 16 heavy (non-hydrogen) atoms. The topological polar surface area (TPSA) is 95.5 Å². The van der Waals surface area contributed by atoms with E-state index in [1.54, 1.807) is 6.92 Å². The van der Waals surface area contributed by atoms with E-state index < -0.39 is 17.9 Å². The van der Waals surface area contributed by atoms with Gasteiger partial charge in [-0.1, -0.05) is 6.92 Å². The lowest BCUT2D eigenvalue weighted by molar-refractivity contribution is -0.141. The average Bonchev–Trinajstić information content (AvgIpc) is 2.64. The molecule has 0 spiro atoms. The van der Waals surface area contributed by atoms with Gasteiger partial charge in [0.05, 0.1) is 5.92 Å². The van der Waals surface area contributed by atoms with Crippen molar-refractivity contribution in [1.82, 2.24) is 10.6 Å². The molecule has 0 aromatic rings. The highest BCUT2D eigenvalue weighted by Gasteiger charge is 2.26. The fraction of sp³-hybridized carbons (Fsp3) is 0.700. The van der Waals surface area contributed by atoms with Crippen LogP contribution < -0.4 is 10.6 Å². The molecule has 1 rings (SSSR count). The maximum Gasteiger partial charge on any atom is 0.306 e. The van der Waals surface area contributed by atoms with Gasteiger partial charge in [-0.2, -0.15) is 0 Å². The molecule has 90 valence electrons. The van der Waals surface area contributed by atoms with Crippen LogP contribution in [0, 0.1) is 5.92 Å². The molecule has 1 aliphatic heterocycles. The van der Waals surface area contributed by atoms with E-state index in [-0.39, 0.29) is 11.8 Å². The van der Waals surface area contributed by atoms with E-state index >= 15 is 0 Å². The van der Waals surface area contributed by atoms with Gasteiger partial charge in [-0.3, -0.25) is 14.4 Å². The maximum absolute atomic E-state index is 11.5. The molecule has 2 atom stereocenters. The minimum atomic E-state index is -0.872. The highest BCUT2D eigenvalue weighted by molar-refractivity contribution is 5.90. The lowest BCUT2D eigenvalue weighted by atomic mass is 10.1. The predicted molar refractivity (Wildman–Crippen MR) is 55.6 cm³/mol. The Morgan fingerprint density at radius 1 is 1.62 bits per heavy atom. The number of carboxylic acids is 1. The average molecular weight is 228 g/mol. The van der Waals surface area contributed by atoms with Crippen molar-refractivity contribution < 1.29 is 19.5 Å². The molecule has 0 aromatic carbocycles. The standard InChI is InChI=1S/C10H16N2O4/c1-6(10(15)16)4-5-11-9(14)7-2-3-8(13)12-7/h6-7H,2-5H2,1H3,(H,11,14)(H,12,13)(H,15,16). The van der Waals surface area contributed by atoms with E-state index in [4.69, 9.17) is 5.11 Å². The summed E-state index contributed by atoms with van der Waals surface area (Å²) in [7, 11) is 0. The number of hydrogen-bond acceptors (Lipinski definition) is 3. The Kier molecular flexibility index (Phi) is 4.28. The van der Waals surface area contributed by atoms with Crippen molar-refractivity contribution in [2.75, 3.05) is 6.54 Å². The number of carboxylic acid groups (broad SMARTS) is 1. The van der Waals surface area contributed by atoms with Gasteiger partial charge in [0.25, 0.3) is 0 Å². The highest BCUT2D eigenvalue weighted by atomic mass is 16.4. The Hall–Kier alpha value is -1.59. The largest absolute Gasteiger partial charge is 0.481 e. The predicted octanol–water partition coefficient (Wildman–Crippen LogP) is -0.508. The molecule has 0 aliphatic carbocycles. The maximum atomic E-state index is 11.5. The van der Waals surface area contributed by atoms with Gasteiger partial charge in [-0.15, -0.1) is 0 Å². The summed E-state index contributed by atoms with van der Waals surface area (Å²) in [6.07, 6.45) is 1.28. The van der Waals surface area contributed by atoms with Crippen LogP contribution in [0.4, 0.5) is 0 Å². The van der Waals surface area contributed by atoms with Crippen LogP contribution in [0.15, 0.2) is 0 Å². The first kappa shape index (κ1) is 12.5. The Bertz CT molecular complexity index is 303. The van der Waals surface area contributed by atoms with Crippen LogP contribution in [-0.2, 0) is 14.4 Å². The summed E-state index contributed by atoms with van der Waals surface area (Å²) in [5, 5.41) is 13.8. The molecule has 6 nitrogen and oxygen atoms in total. The molecule has 6 heteroatoms. The fourth-order valence-corrected chi connectivity index (χ4v) is 1.47. The monoisotopic (exact) mass is 228 g/mol. The quantitative estimate of drug-likeness (QED) is 0.590. The van der Waals surface area contributed by atoms with Crippen LogP contribution in [0.2, 0.25) is 0 Å². The second-order valence-electron chi connectivity index (χ2n) is 3.98. The van der Waals surface area contributed by atoms with Crippen molar-refractivity contribution >= 4 is 17.8 Å². The first-order valence-electron chi connectivity index (χ1n) is 5.30. The number of carbonyl (C=O) groups excluding carboxylic acids is 2. The van der Waals surface area contributed by atoms with Gasteiger partial charge in [-0.25, -0.2) is 0 Å². The summed E-state index contributed by atoms with van der Waals surface area (Å²) >= 11 is 0. The lowest BCUT2D eigenvalue weighted by Gasteiger charge is -2.11. The van der Waals surface area contributed by atoms with Crippen LogP contribution in [0.1, 0.15) is 26.2 Å². The summed E-state index contributed by atoms with van der Waals surface area (Å²) < 4.78 is 0. The number of nitrogens with one attached hydrogen (secondary N) is 2. The number of rotatable bonds is 5. The first-order valence-corrected chi connectivity index (χ1v) is 5.30. The Morgan fingerprint density at radius 3 is 2.81 bits per heavy atom. The van der Waals surface area contributed by atoms with Gasteiger partial charge in [0.2, 0.25) is 11.8 Å². The van der Waals surface area contributed by atoms with Crippen molar-refractivity contribution in [3.05, 3.63) is 0 Å². The summed E-state index contributed by atoms with van der Waals surface area (Å²) in [4.78, 5) is 32.8. The third kappa shape index (κ3) is 3.52. The first-order chi connectivity index (χ1) is 7.50. The Labute approximate surface area is 93.4 Å². The molecule has 1 aliphatic rings. The van der Waals surface area contributed by atoms with Crippen molar-refractivity contribution in [3.8, 4) is 0 Å². The van der Waals surface area contributed by atoms with Crippen LogP contribution in [0.5, 0.6) is 0 Å². The van der Waals surface area contributed by atoms with E-state index in [1.165, 1.54) is 0 Å². The summed E-state index contributed by atoms with van der Waals surface area (Å²) in [5.41, 5.74) is 0. The number of hydrogen-bond donors (Lipinski definition) is 3. The van der Waals surface area contributed by atoms with Crippen LogP contribution >= 0.6 is 0 Å². The number of aliphatic carboxylic acids is 1. The van der Waals surface area contributed by atoms with Gasteiger partial charge in [0, 0.05) is 13.0 Å². The third-order valence-corrected chi connectivity index (χ3v) is 2.61. The number of amides is 2. The molecule has 1 heterocycles. The Balaban J connectivity index is 2.20. The van der Waals surface area contributed by atoms with E-state index in [0.717, 1.165) is 0 Å². The summed E-state index contributed by atoms with van der Waals surface area (Å²) in [6.45, 7) is 1.91. The zero-order chi connectivity index (χ0) is 12.1. The van der Waals surface area contributed by atoms with Crippen LogP contribution in [0.3, 0.4) is 0 Å². The minimum Gasteiger partial charge on any atom is -0.481 e. The second-order valence-corrected chi connectivity index (χ2v) is 3.98. The fourth-order valence-electron chi connectivity index (χ4n) is 1.47. The zero-order valence-corrected chi connectivity index (χ0v) is 9.16. The van der Waals surface area contributed by atoms with E-state index in [0.29, 0.717) is 25.8 Å². The molecule has 0 saturated carbocycles. The molecule has 1 saturated heterocycles.